The van der Waals surface area contributed by atoms with Crippen LogP contribution < -0.4 is 10.6 Å². The topological polar surface area (TPSA) is 24.1 Å². The molecule has 2 rings (SSSR count). The van der Waals surface area contributed by atoms with E-state index in [0.717, 1.165) is 11.7 Å². The van der Waals surface area contributed by atoms with Gasteiger partial charge >= 0.3 is 0 Å². The lowest BCUT2D eigenvalue weighted by atomic mass is 9.82. The largest absolute Gasteiger partial charge is 0.360 e. The molecule has 0 aromatic heterocycles. The highest BCUT2D eigenvalue weighted by Crippen LogP contribution is 2.29. The Balaban J connectivity index is 2.03. The van der Waals surface area contributed by atoms with Crippen LogP contribution in [0, 0.1) is 0 Å². The van der Waals surface area contributed by atoms with E-state index in [1.54, 1.807) is 0 Å². The van der Waals surface area contributed by atoms with Crippen LogP contribution in [0.1, 0.15) is 32.1 Å². The zero-order valence-electron chi connectivity index (χ0n) is 6.65. The van der Waals surface area contributed by atoms with E-state index in [1.165, 1.54) is 32.1 Å². The van der Waals surface area contributed by atoms with Gasteiger partial charge in [-0.05, 0) is 25.1 Å². The standard InChI is InChI=1S/C8H14N2S/c11-7-9-6-8(10-7)4-2-1-3-5-8/h1-6H2,(H2,9,10,11). The summed E-state index contributed by atoms with van der Waals surface area (Å²) in [5.41, 5.74) is 0.343. The first-order valence-corrected chi connectivity index (χ1v) is 4.78. The smallest absolute Gasteiger partial charge is 0.166 e. The van der Waals surface area contributed by atoms with Gasteiger partial charge in [-0.1, -0.05) is 19.3 Å². The van der Waals surface area contributed by atoms with Gasteiger partial charge in [-0.15, -0.1) is 0 Å². The number of thiocarbonyl (C=S) groups is 1. The summed E-state index contributed by atoms with van der Waals surface area (Å²) < 4.78 is 0. The minimum atomic E-state index is 0.343. The molecule has 0 atom stereocenters. The maximum atomic E-state index is 5.05. The van der Waals surface area contributed by atoms with Crippen LogP contribution in [0.3, 0.4) is 0 Å². The molecule has 0 bridgehead atoms. The number of hydrogen-bond donors (Lipinski definition) is 2. The van der Waals surface area contributed by atoms with Gasteiger partial charge in [0.2, 0.25) is 0 Å². The summed E-state index contributed by atoms with van der Waals surface area (Å²) in [7, 11) is 0. The lowest BCUT2D eigenvalue weighted by molar-refractivity contribution is 0.289. The fourth-order valence-electron chi connectivity index (χ4n) is 2.11. The molecule has 1 aliphatic carbocycles. The fraction of sp³-hybridized carbons (Fsp3) is 0.875. The van der Waals surface area contributed by atoms with Crippen molar-refractivity contribution < 1.29 is 0 Å². The molecule has 2 fully saturated rings. The second-order valence-corrected chi connectivity index (χ2v) is 4.06. The maximum Gasteiger partial charge on any atom is 0.166 e. The molecule has 2 nitrogen and oxygen atoms in total. The highest BCUT2D eigenvalue weighted by molar-refractivity contribution is 7.80. The Morgan fingerprint density at radius 2 is 1.91 bits per heavy atom. The van der Waals surface area contributed by atoms with Gasteiger partial charge in [-0.3, -0.25) is 0 Å². The van der Waals surface area contributed by atoms with Crippen molar-refractivity contribution in [3.63, 3.8) is 0 Å². The first-order chi connectivity index (χ1) is 5.31. The fourth-order valence-corrected chi connectivity index (χ4v) is 2.40. The number of nitrogens with one attached hydrogen (secondary N) is 2. The SMILES string of the molecule is S=C1NCC2(CCCCC2)N1. The van der Waals surface area contributed by atoms with Crippen molar-refractivity contribution in [1.29, 1.82) is 0 Å². The van der Waals surface area contributed by atoms with Crippen molar-refractivity contribution >= 4 is 17.3 Å². The highest BCUT2D eigenvalue weighted by atomic mass is 32.1. The van der Waals surface area contributed by atoms with Gasteiger partial charge in [0.1, 0.15) is 0 Å². The molecule has 1 heterocycles. The summed E-state index contributed by atoms with van der Waals surface area (Å²) >= 11 is 5.05. The summed E-state index contributed by atoms with van der Waals surface area (Å²) in [4.78, 5) is 0. The van der Waals surface area contributed by atoms with Crippen LogP contribution in [0.5, 0.6) is 0 Å². The predicted octanol–water partition coefficient (Wildman–Crippen LogP) is 1.17. The maximum absolute atomic E-state index is 5.05. The Kier molecular flexibility index (Phi) is 1.75. The third kappa shape index (κ3) is 1.34. The van der Waals surface area contributed by atoms with E-state index in [1.807, 2.05) is 0 Å². The Labute approximate surface area is 72.7 Å². The Hall–Kier alpha value is -0.310. The van der Waals surface area contributed by atoms with Crippen molar-refractivity contribution in [2.45, 2.75) is 37.6 Å². The van der Waals surface area contributed by atoms with Crippen molar-refractivity contribution in [2.75, 3.05) is 6.54 Å². The van der Waals surface area contributed by atoms with Gasteiger partial charge in [0.05, 0.1) is 5.54 Å². The van der Waals surface area contributed by atoms with Crippen LogP contribution in [0.4, 0.5) is 0 Å². The summed E-state index contributed by atoms with van der Waals surface area (Å²) in [5.74, 6) is 0. The average molecular weight is 170 g/mol. The third-order valence-corrected chi connectivity index (χ3v) is 3.02. The molecule has 2 aliphatic rings. The third-order valence-electron chi connectivity index (χ3n) is 2.78. The highest BCUT2D eigenvalue weighted by Gasteiger charge is 2.36. The molecule has 0 amide bonds. The monoisotopic (exact) mass is 170 g/mol. The molecule has 62 valence electrons. The summed E-state index contributed by atoms with van der Waals surface area (Å²) in [5, 5.41) is 7.44. The van der Waals surface area contributed by atoms with E-state index in [4.69, 9.17) is 12.2 Å². The van der Waals surface area contributed by atoms with E-state index in [-0.39, 0.29) is 0 Å². The van der Waals surface area contributed by atoms with E-state index >= 15 is 0 Å². The summed E-state index contributed by atoms with van der Waals surface area (Å²) in [6.07, 6.45) is 6.70. The summed E-state index contributed by atoms with van der Waals surface area (Å²) in [6.45, 7) is 1.05. The van der Waals surface area contributed by atoms with Crippen molar-refractivity contribution in [3.8, 4) is 0 Å². The van der Waals surface area contributed by atoms with Crippen LogP contribution in [-0.4, -0.2) is 17.2 Å². The van der Waals surface area contributed by atoms with Crippen molar-refractivity contribution in [3.05, 3.63) is 0 Å². The molecule has 1 saturated heterocycles. The van der Waals surface area contributed by atoms with Crippen LogP contribution in [0.25, 0.3) is 0 Å². The van der Waals surface area contributed by atoms with Crippen molar-refractivity contribution in [1.82, 2.24) is 10.6 Å². The van der Waals surface area contributed by atoms with Gasteiger partial charge in [0.15, 0.2) is 5.11 Å². The van der Waals surface area contributed by atoms with Crippen molar-refractivity contribution in [2.24, 2.45) is 0 Å². The second kappa shape index (κ2) is 2.63. The number of hydrogen-bond acceptors (Lipinski definition) is 1. The molecule has 0 radical (unpaired) electrons. The van der Waals surface area contributed by atoms with Crippen LogP contribution >= 0.6 is 12.2 Å². The average Bonchev–Trinajstić information content (AvgIpc) is 2.34. The predicted molar refractivity (Wildman–Crippen MR) is 49.6 cm³/mol. The first kappa shape index (κ1) is 7.35. The second-order valence-electron chi connectivity index (χ2n) is 3.65. The Bertz CT molecular complexity index is 173. The molecule has 1 spiro atoms. The molecule has 1 aliphatic heterocycles. The van der Waals surface area contributed by atoms with Crippen LogP contribution in [0.2, 0.25) is 0 Å². The molecule has 2 N–H and O–H groups in total. The van der Waals surface area contributed by atoms with E-state index < -0.39 is 0 Å². The van der Waals surface area contributed by atoms with Gasteiger partial charge in [0, 0.05) is 6.54 Å². The van der Waals surface area contributed by atoms with E-state index in [9.17, 15) is 0 Å². The van der Waals surface area contributed by atoms with Gasteiger partial charge in [-0.2, -0.15) is 0 Å². The lowest BCUT2D eigenvalue weighted by Gasteiger charge is -2.32. The zero-order chi connectivity index (χ0) is 7.73. The molecule has 1 saturated carbocycles. The normalized spacial score (nSPS) is 28.2. The Morgan fingerprint density at radius 1 is 1.18 bits per heavy atom. The molecular weight excluding hydrogens is 156 g/mol. The molecule has 0 aromatic rings. The molecule has 0 unspecified atom stereocenters. The quantitative estimate of drug-likeness (QED) is 0.534. The minimum Gasteiger partial charge on any atom is -0.360 e. The zero-order valence-corrected chi connectivity index (χ0v) is 7.47. The molecule has 0 aromatic carbocycles. The minimum absolute atomic E-state index is 0.343. The molecule has 3 heteroatoms. The Morgan fingerprint density at radius 3 is 2.45 bits per heavy atom. The first-order valence-electron chi connectivity index (χ1n) is 4.37. The van der Waals surface area contributed by atoms with Gasteiger partial charge < -0.3 is 10.6 Å². The van der Waals surface area contributed by atoms with Crippen LogP contribution in [-0.2, 0) is 0 Å². The summed E-state index contributed by atoms with van der Waals surface area (Å²) in [6, 6.07) is 0. The van der Waals surface area contributed by atoms with E-state index in [0.29, 0.717) is 5.54 Å². The van der Waals surface area contributed by atoms with Gasteiger partial charge in [0.25, 0.3) is 0 Å². The van der Waals surface area contributed by atoms with Crippen LogP contribution in [0.15, 0.2) is 0 Å². The lowest BCUT2D eigenvalue weighted by Crippen LogP contribution is -2.44. The number of rotatable bonds is 0. The van der Waals surface area contributed by atoms with Gasteiger partial charge in [-0.25, -0.2) is 0 Å². The molecule has 11 heavy (non-hydrogen) atoms. The molecular formula is C8H14N2S. The van der Waals surface area contributed by atoms with E-state index in [2.05, 4.69) is 10.6 Å².